The van der Waals surface area contributed by atoms with Gasteiger partial charge in [-0.1, -0.05) is 38.5 Å². The number of aliphatic hydroxyl groups excluding tert-OH is 1. The van der Waals surface area contributed by atoms with Crippen LogP contribution in [0.15, 0.2) is 30.3 Å². The summed E-state index contributed by atoms with van der Waals surface area (Å²) in [6, 6.07) is 8.63. The van der Waals surface area contributed by atoms with Gasteiger partial charge < -0.3 is 15.3 Å². The van der Waals surface area contributed by atoms with Crippen LogP contribution in [0.5, 0.6) is 0 Å². The van der Waals surface area contributed by atoms with Crippen LogP contribution in [-0.2, 0) is 4.79 Å². The lowest BCUT2D eigenvalue weighted by atomic mass is 9.99. The average molecular weight is 332 g/mol. The van der Waals surface area contributed by atoms with E-state index >= 15 is 0 Å². The Hall–Kier alpha value is -1.88. The monoisotopic (exact) mass is 332 g/mol. The van der Waals surface area contributed by atoms with Gasteiger partial charge in [-0.25, -0.2) is 0 Å². The molecule has 2 N–H and O–H groups in total. The van der Waals surface area contributed by atoms with E-state index < -0.39 is 12.1 Å². The number of amides is 2. The van der Waals surface area contributed by atoms with Gasteiger partial charge in [0.25, 0.3) is 5.91 Å². The largest absolute Gasteiger partial charge is 0.391 e. The second-order valence-corrected chi connectivity index (χ2v) is 6.57. The summed E-state index contributed by atoms with van der Waals surface area (Å²) in [5.74, 6) is -0.127. The molecule has 3 atom stereocenters. The Labute approximate surface area is 144 Å². The molecule has 0 aliphatic carbocycles. The Morgan fingerprint density at radius 3 is 2.67 bits per heavy atom. The lowest BCUT2D eigenvalue weighted by Crippen LogP contribution is -2.53. The molecular formula is C19H28N2O3. The van der Waals surface area contributed by atoms with Gasteiger partial charge in [-0.3, -0.25) is 9.59 Å². The number of nitrogens with one attached hydrogen (secondary N) is 1. The standard InChI is InChI=1S/C19H28N2O3/c1-3-14(2)17(22)13-20-18(23)16-11-7-8-12-21(16)19(24)15-9-5-4-6-10-15/h4-6,9-10,14,16-17,22H,3,7-8,11-13H2,1-2H3,(H,20,23). The number of aliphatic hydroxyl groups is 1. The molecule has 1 aromatic rings. The number of likely N-dealkylation sites (tertiary alicyclic amines) is 1. The van der Waals surface area contributed by atoms with Gasteiger partial charge in [-0.05, 0) is 37.3 Å². The Morgan fingerprint density at radius 1 is 1.29 bits per heavy atom. The molecule has 1 saturated heterocycles. The maximum Gasteiger partial charge on any atom is 0.254 e. The van der Waals surface area contributed by atoms with Gasteiger partial charge in [-0.15, -0.1) is 0 Å². The van der Waals surface area contributed by atoms with Crippen LogP contribution in [0.4, 0.5) is 0 Å². The molecule has 132 valence electrons. The number of hydrogen-bond acceptors (Lipinski definition) is 3. The molecule has 1 heterocycles. The highest BCUT2D eigenvalue weighted by Gasteiger charge is 2.32. The molecule has 1 aromatic carbocycles. The summed E-state index contributed by atoms with van der Waals surface area (Å²) in [4.78, 5) is 26.9. The van der Waals surface area contributed by atoms with Gasteiger partial charge in [0.1, 0.15) is 6.04 Å². The molecule has 3 unspecified atom stereocenters. The number of carbonyl (C=O) groups is 2. The summed E-state index contributed by atoms with van der Waals surface area (Å²) in [5.41, 5.74) is 0.608. The molecule has 0 spiro atoms. The van der Waals surface area contributed by atoms with Crippen molar-refractivity contribution in [2.75, 3.05) is 13.1 Å². The molecule has 5 heteroatoms. The minimum atomic E-state index is -0.555. The highest BCUT2D eigenvalue weighted by Crippen LogP contribution is 2.20. The van der Waals surface area contributed by atoms with Crippen LogP contribution in [0, 0.1) is 5.92 Å². The van der Waals surface area contributed by atoms with E-state index in [4.69, 9.17) is 0 Å². The van der Waals surface area contributed by atoms with Crippen molar-refractivity contribution in [2.24, 2.45) is 5.92 Å². The van der Waals surface area contributed by atoms with Crippen LogP contribution in [-0.4, -0.2) is 47.1 Å². The first-order valence-corrected chi connectivity index (χ1v) is 8.86. The van der Waals surface area contributed by atoms with E-state index in [9.17, 15) is 14.7 Å². The van der Waals surface area contributed by atoms with E-state index in [-0.39, 0.29) is 24.3 Å². The predicted octanol–water partition coefficient (Wildman–Crippen LogP) is 2.20. The lowest BCUT2D eigenvalue weighted by molar-refractivity contribution is -0.127. The van der Waals surface area contributed by atoms with Crippen LogP contribution in [0.25, 0.3) is 0 Å². The molecule has 0 saturated carbocycles. The molecule has 2 rings (SSSR count). The predicted molar refractivity (Wildman–Crippen MR) is 93.6 cm³/mol. The third kappa shape index (κ3) is 4.57. The van der Waals surface area contributed by atoms with Crippen LogP contribution < -0.4 is 5.32 Å². The Balaban J connectivity index is 2.00. The zero-order valence-corrected chi connectivity index (χ0v) is 14.6. The zero-order valence-electron chi connectivity index (χ0n) is 14.6. The maximum absolute atomic E-state index is 12.7. The first-order valence-electron chi connectivity index (χ1n) is 8.86. The Kier molecular flexibility index (Phi) is 6.79. The average Bonchev–Trinajstić information content (AvgIpc) is 2.65. The third-order valence-electron chi connectivity index (χ3n) is 4.87. The summed E-state index contributed by atoms with van der Waals surface area (Å²) in [7, 11) is 0. The van der Waals surface area contributed by atoms with E-state index in [1.54, 1.807) is 17.0 Å². The van der Waals surface area contributed by atoms with E-state index in [1.807, 2.05) is 32.0 Å². The van der Waals surface area contributed by atoms with Crippen molar-refractivity contribution < 1.29 is 14.7 Å². The summed E-state index contributed by atoms with van der Waals surface area (Å²) in [6.45, 7) is 4.80. The molecule has 5 nitrogen and oxygen atoms in total. The Morgan fingerprint density at radius 2 is 2.00 bits per heavy atom. The fourth-order valence-electron chi connectivity index (χ4n) is 2.99. The van der Waals surface area contributed by atoms with Crippen molar-refractivity contribution in [1.29, 1.82) is 0 Å². The summed E-state index contributed by atoms with van der Waals surface area (Å²) < 4.78 is 0. The van der Waals surface area contributed by atoms with Gasteiger partial charge in [0, 0.05) is 18.7 Å². The lowest BCUT2D eigenvalue weighted by Gasteiger charge is -2.35. The Bertz CT molecular complexity index is 547. The highest BCUT2D eigenvalue weighted by atomic mass is 16.3. The smallest absolute Gasteiger partial charge is 0.254 e. The topological polar surface area (TPSA) is 69.6 Å². The van der Waals surface area contributed by atoms with Crippen molar-refractivity contribution in [3.8, 4) is 0 Å². The van der Waals surface area contributed by atoms with Crippen LogP contribution in [0.2, 0.25) is 0 Å². The molecule has 0 radical (unpaired) electrons. The maximum atomic E-state index is 12.7. The van der Waals surface area contributed by atoms with Crippen LogP contribution in [0.3, 0.4) is 0 Å². The molecule has 24 heavy (non-hydrogen) atoms. The van der Waals surface area contributed by atoms with Gasteiger partial charge in [0.05, 0.1) is 6.10 Å². The van der Waals surface area contributed by atoms with Crippen molar-refractivity contribution in [3.63, 3.8) is 0 Å². The van der Waals surface area contributed by atoms with Crippen molar-refractivity contribution in [3.05, 3.63) is 35.9 Å². The first-order chi connectivity index (χ1) is 11.5. The highest BCUT2D eigenvalue weighted by molar-refractivity contribution is 5.97. The second-order valence-electron chi connectivity index (χ2n) is 6.57. The van der Waals surface area contributed by atoms with E-state index in [1.165, 1.54) is 0 Å². The van der Waals surface area contributed by atoms with Crippen molar-refractivity contribution >= 4 is 11.8 Å². The number of benzene rings is 1. The summed E-state index contributed by atoms with van der Waals surface area (Å²) in [5, 5.41) is 12.8. The van der Waals surface area contributed by atoms with Gasteiger partial charge in [0.15, 0.2) is 0 Å². The molecule has 1 aliphatic heterocycles. The third-order valence-corrected chi connectivity index (χ3v) is 4.87. The number of rotatable bonds is 6. The fraction of sp³-hybridized carbons (Fsp3) is 0.579. The number of carbonyl (C=O) groups excluding carboxylic acids is 2. The quantitative estimate of drug-likeness (QED) is 0.839. The number of piperidine rings is 1. The van der Waals surface area contributed by atoms with Gasteiger partial charge >= 0.3 is 0 Å². The summed E-state index contributed by atoms with van der Waals surface area (Å²) in [6.07, 6.45) is 2.83. The van der Waals surface area contributed by atoms with E-state index in [0.717, 1.165) is 19.3 Å². The van der Waals surface area contributed by atoms with Gasteiger partial charge in [-0.2, -0.15) is 0 Å². The zero-order chi connectivity index (χ0) is 17.5. The molecule has 1 aliphatic rings. The molecule has 0 aromatic heterocycles. The first kappa shape index (κ1) is 18.5. The molecule has 0 bridgehead atoms. The normalized spacial score (nSPS) is 20.3. The number of nitrogens with zero attached hydrogens (tertiary/aromatic N) is 1. The fourth-order valence-corrected chi connectivity index (χ4v) is 2.99. The number of hydrogen-bond donors (Lipinski definition) is 2. The van der Waals surface area contributed by atoms with E-state index in [0.29, 0.717) is 18.5 Å². The van der Waals surface area contributed by atoms with Crippen molar-refractivity contribution in [2.45, 2.75) is 51.7 Å². The second kappa shape index (κ2) is 8.83. The van der Waals surface area contributed by atoms with E-state index in [2.05, 4.69) is 5.32 Å². The molecule has 1 fully saturated rings. The minimum absolute atomic E-state index is 0.0991. The SMILES string of the molecule is CCC(C)C(O)CNC(=O)C1CCCCN1C(=O)c1ccccc1. The van der Waals surface area contributed by atoms with Crippen LogP contribution >= 0.6 is 0 Å². The molecule has 2 amide bonds. The minimum Gasteiger partial charge on any atom is -0.391 e. The van der Waals surface area contributed by atoms with Crippen molar-refractivity contribution in [1.82, 2.24) is 10.2 Å². The summed E-state index contributed by atoms with van der Waals surface area (Å²) >= 11 is 0. The van der Waals surface area contributed by atoms with Crippen LogP contribution in [0.1, 0.15) is 49.9 Å². The molecular weight excluding hydrogens is 304 g/mol. The van der Waals surface area contributed by atoms with Gasteiger partial charge in [0.2, 0.25) is 5.91 Å².